The summed E-state index contributed by atoms with van der Waals surface area (Å²) in [5.41, 5.74) is 3.42. The molecule has 0 aliphatic carbocycles. The third-order valence-corrected chi connectivity index (χ3v) is 6.09. The summed E-state index contributed by atoms with van der Waals surface area (Å²) in [6.07, 6.45) is 7.26. The summed E-state index contributed by atoms with van der Waals surface area (Å²) in [6.45, 7) is 1.98. The maximum Gasteiger partial charge on any atom is 0.262 e. The monoisotopic (exact) mass is 415 g/mol. The van der Waals surface area contributed by atoms with Crippen LogP contribution in [-0.2, 0) is 10.0 Å². The molecule has 0 fully saturated rings. The van der Waals surface area contributed by atoms with Crippen LogP contribution in [0, 0.1) is 0 Å². The van der Waals surface area contributed by atoms with E-state index in [9.17, 15) is 8.42 Å². The van der Waals surface area contributed by atoms with Crippen LogP contribution in [0.3, 0.4) is 0 Å². The van der Waals surface area contributed by atoms with E-state index in [-0.39, 0.29) is 4.90 Å². The van der Waals surface area contributed by atoms with E-state index in [4.69, 9.17) is 0 Å². The molecule has 2 N–H and O–H groups in total. The van der Waals surface area contributed by atoms with Crippen LogP contribution >= 0.6 is 0 Å². The first-order chi connectivity index (χ1) is 14.6. The standard InChI is InChI=1S/C24H21N3O2S/c1-2-6-18-7-3-4-9-23(18)26-20-11-13-21(14-12-20)27-30(28,29)24-10-5-8-19-17-25-16-15-22(19)24/h2-17,26-27H,1H3/b6-2+. The molecule has 0 saturated carbocycles. The first-order valence-corrected chi connectivity index (χ1v) is 11.0. The van der Waals surface area contributed by atoms with Crippen LogP contribution in [-0.4, -0.2) is 13.4 Å². The zero-order valence-electron chi connectivity index (χ0n) is 16.4. The van der Waals surface area contributed by atoms with Crippen molar-refractivity contribution >= 4 is 43.9 Å². The Labute approximate surface area is 176 Å². The van der Waals surface area contributed by atoms with Crippen molar-refractivity contribution in [3.8, 4) is 0 Å². The van der Waals surface area contributed by atoms with Crippen molar-refractivity contribution in [2.45, 2.75) is 11.8 Å². The van der Waals surface area contributed by atoms with E-state index in [0.29, 0.717) is 11.1 Å². The second-order valence-electron chi connectivity index (χ2n) is 6.75. The molecule has 6 heteroatoms. The average molecular weight is 416 g/mol. The lowest BCUT2D eigenvalue weighted by molar-refractivity contribution is 0.602. The molecule has 0 bridgehead atoms. The van der Waals surface area contributed by atoms with Gasteiger partial charge in [0.1, 0.15) is 0 Å². The Morgan fingerprint density at radius 3 is 2.43 bits per heavy atom. The summed E-state index contributed by atoms with van der Waals surface area (Å²) < 4.78 is 28.6. The SMILES string of the molecule is C/C=C/c1ccccc1Nc1ccc(NS(=O)(=O)c2cccc3cnccc23)cc1. The highest BCUT2D eigenvalue weighted by Gasteiger charge is 2.17. The molecule has 0 amide bonds. The minimum absolute atomic E-state index is 0.227. The van der Waals surface area contributed by atoms with E-state index in [0.717, 1.165) is 22.3 Å². The van der Waals surface area contributed by atoms with Crippen molar-refractivity contribution in [1.82, 2.24) is 4.98 Å². The Morgan fingerprint density at radius 2 is 1.63 bits per heavy atom. The van der Waals surface area contributed by atoms with Gasteiger partial charge in [0.15, 0.2) is 0 Å². The number of allylic oxidation sites excluding steroid dienone is 1. The number of fused-ring (bicyclic) bond motifs is 1. The van der Waals surface area contributed by atoms with Gasteiger partial charge in [0.05, 0.1) is 4.90 Å². The summed E-state index contributed by atoms with van der Waals surface area (Å²) in [5, 5.41) is 4.78. The van der Waals surface area contributed by atoms with E-state index in [1.165, 1.54) is 0 Å². The molecule has 0 saturated heterocycles. The number of rotatable bonds is 6. The minimum Gasteiger partial charge on any atom is -0.355 e. The van der Waals surface area contributed by atoms with Crippen LogP contribution in [0.4, 0.5) is 17.1 Å². The first kappa shape index (κ1) is 19.7. The Hall–Kier alpha value is -3.64. The van der Waals surface area contributed by atoms with E-state index < -0.39 is 10.0 Å². The fraction of sp³-hybridized carbons (Fsp3) is 0.0417. The molecule has 0 spiro atoms. The number of para-hydroxylation sites is 1. The number of benzene rings is 3. The summed E-state index contributed by atoms with van der Waals surface area (Å²) in [7, 11) is -3.73. The Kier molecular flexibility index (Phi) is 5.50. The lowest BCUT2D eigenvalue weighted by Gasteiger charge is -2.12. The molecule has 0 aliphatic rings. The molecule has 1 heterocycles. The topological polar surface area (TPSA) is 71.1 Å². The molecule has 4 aromatic rings. The van der Waals surface area contributed by atoms with Crippen LogP contribution in [0.2, 0.25) is 0 Å². The summed E-state index contributed by atoms with van der Waals surface area (Å²) >= 11 is 0. The lowest BCUT2D eigenvalue weighted by atomic mass is 10.1. The molecule has 0 radical (unpaired) electrons. The molecule has 4 rings (SSSR count). The quantitative estimate of drug-likeness (QED) is 0.417. The van der Waals surface area contributed by atoms with Gasteiger partial charge in [0.25, 0.3) is 10.0 Å². The zero-order chi connectivity index (χ0) is 21.0. The van der Waals surface area contributed by atoms with Crippen molar-refractivity contribution in [2.24, 2.45) is 0 Å². The third kappa shape index (κ3) is 4.18. The smallest absolute Gasteiger partial charge is 0.262 e. The molecule has 30 heavy (non-hydrogen) atoms. The van der Waals surface area contributed by atoms with E-state index in [1.807, 2.05) is 61.5 Å². The van der Waals surface area contributed by atoms with Crippen LogP contribution in [0.5, 0.6) is 0 Å². The second kappa shape index (κ2) is 8.39. The predicted octanol–water partition coefficient (Wildman–Crippen LogP) is 5.81. The van der Waals surface area contributed by atoms with E-state index in [2.05, 4.69) is 15.0 Å². The molecule has 0 unspecified atom stereocenters. The molecule has 0 atom stereocenters. The zero-order valence-corrected chi connectivity index (χ0v) is 17.2. The van der Waals surface area contributed by atoms with Crippen LogP contribution in [0.25, 0.3) is 16.8 Å². The summed E-state index contributed by atoms with van der Waals surface area (Å²) in [4.78, 5) is 4.28. The lowest BCUT2D eigenvalue weighted by Crippen LogP contribution is -2.13. The normalized spacial score (nSPS) is 11.6. The third-order valence-electron chi connectivity index (χ3n) is 4.65. The fourth-order valence-corrected chi connectivity index (χ4v) is 4.54. The average Bonchev–Trinajstić information content (AvgIpc) is 2.76. The van der Waals surface area contributed by atoms with E-state index in [1.54, 1.807) is 42.7 Å². The van der Waals surface area contributed by atoms with Crippen molar-refractivity contribution in [3.05, 3.63) is 96.8 Å². The fourth-order valence-electron chi connectivity index (χ4n) is 3.25. The van der Waals surface area contributed by atoms with Gasteiger partial charge in [-0.15, -0.1) is 0 Å². The van der Waals surface area contributed by atoms with Crippen LogP contribution in [0.15, 0.2) is 96.2 Å². The first-order valence-electron chi connectivity index (χ1n) is 9.51. The van der Waals surface area contributed by atoms with Crippen molar-refractivity contribution in [2.75, 3.05) is 10.0 Å². The highest BCUT2D eigenvalue weighted by molar-refractivity contribution is 7.93. The number of aromatic nitrogens is 1. The predicted molar refractivity (Wildman–Crippen MR) is 123 cm³/mol. The van der Waals surface area contributed by atoms with Crippen molar-refractivity contribution in [3.63, 3.8) is 0 Å². The molecule has 3 aromatic carbocycles. The number of pyridine rings is 1. The molecular weight excluding hydrogens is 394 g/mol. The molecule has 1 aromatic heterocycles. The minimum atomic E-state index is -3.73. The van der Waals surface area contributed by atoms with Gasteiger partial charge in [-0.25, -0.2) is 8.42 Å². The van der Waals surface area contributed by atoms with Gasteiger partial charge in [0.2, 0.25) is 0 Å². The summed E-state index contributed by atoms with van der Waals surface area (Å²) in [5.74, 6) is 0. The van der Waals surface area contributed by atoms with Gasteiger partial charge in [-0.2, -0.15) is 0 Å². The Balaban J connectivity index is 1.56. The van der Waals surface area contributed by atoms with Crippen molar-refractivity contribution in [1.29, 1.82) is 0 Å². The van der Waals surface area contributed by atoms with Gasteiger partial charge in [-0.05, 0) is 55.0 Å². The number of sulfonamides is 1. The van der Waals surface area contributed by atoms with E-state index >= 15 is 0 Å². The molecular formula is C24H21N3O2S. The van der Waals surface area contributed by atoms with Gasteiger partial charge >= 0.3 is 0 Å². The van der Waals surface area contributed by atoms with Crippen LogP contribution < -0.4 is 10.0 Å². The summed E-state index contributed by atoms with van der Waals surface area (Å²) in [6, 6.07) is 22.0. The molecule has 5 nitrogen and oxygen atoms in total. The Morgan fingerprint density at radius 1 is 0.867 bits per heavy atom. The maximum atomic E-state index is 13.0. The van der Waals surface area contributed by atoms with Crippen LogP contribution in [0.1, 0.15) is 12.5 Å². The van der Waals surface area contributed by atoms with Gasteiger partial charge in [-0.1, -0.05) is 42.5 Å². The number of hydrogen-bond donors (Lipinski definition) is 2. The van der Waals surface area contributed by atoms with Gasteiger partial charge < -0.3 is 5.32 Å². The largest absolute Gasteiger partial charge is 0.355 e. The number of nitrogens with zero attached hydrogens (tertiary/aromatic N) is 1. The number of anilines is 3. The molecule has 150 valence electrons. The molecule has 0 aliphatic heterocycles. The number of hydrogen-bond acceptors (Lipinski definition) is 4. The second-order valence-corrected chi connectivity index (χ2v) is 8.40. The highest BCUT2D eigenvalue weighted by Crippen LogP contribution is 2.26. The van der Waals surface area contributed by atoms with Crippen molar-refractivity contribution < 1.29 is 8.42 Å². The van der Waals surface area contributed by atoms with Gasteiger partial charge in [0, 0.05) is 40.2 Å². The number of nitrogens with one attached hydrogen (secondary N) is 2. The Bertz CT molecular complexity index is 1310. The highest BCUT2D eigenvalue weighted by atomic mass is 32.2. The maximum absolute atomic E-state index is 13.0. The van der Waals surface area contributed by atoms with Gasteiger partial charge in [-0.3, -0.25) is 9.71 Å².